The highest BCUT2D eigenvalue weighted by atomic mass is 35.5. The van der Waals surface area contributed by atoms with Crippen LogP contribution in [0.4, 0.5) is 0 Å². The SMILES string of the molecule is CCn1c(-c2ccc(Cl)cc2)cn(CC(=O)NCc2cccc3ccccc23)c1=O. The maximum atomic E-state index is 12.8. The van der Waals surface area contributed by atoms with Crippen LogP contribution in [0, 0.1) is 0 Å². The molecule has 1 aromatic heterocycles. The molecular weight excluding hydrogens is 398 g/mol. The first-order chi connectivity index (χ1) is 14.6. The van der Waals surface area contributed by atoms with Crippen molar-refractivity contribution in [3.63, 3.8) is 0 Å². The highest BCUT2D eigenvalue weighted by molar-refractivity contribution is 6.30. The van der Waals surface area contributed by atoms with Crippen LogP contribution < -0.4 is 11.0 Å². The van der Waals surface area contributed by atoms with Crippen molar-refractivity contribution in [2.75, 3.05) is 0 Å². The Labute approximate surface area is 179 Å². The lowest BCUT2D eigenvalue weighted by Crippen LogP contribution is -2.32. The van der Waals surface area contributed by atoms with Gasteiger partial charge in [-0.2, -0.15) is 0 Å². The Morgan fingerprint density at radius 3 is 2.50 bits per heavy atom. The number of rotatable bonds is 6. The number of benzene rings is 3. The highest BCUT2D eigenvalue weighted by Crippen LogP contribution is 2.21. The van der Waals surface area contributed by atoms with Gasteiger partial charge in [0.05, 0.1) is 5.69 Å². The molecule has 3 aromatic carbocycles. The maximum absolute atomic E-state index is 12.8. The van der Waals surface area contributed by atoms with E-state index in [-0.39, 0.29) is 18.1 Å². The minimum absolute atomic E-state index is 0.0306. The van der Waals surface area contributed by atoms with Crippen molar-refractivity contribution in [3.8, 4) is 11.3 Å². The predicted molar refractivity (Wildman–Crippen MR) is 121 cm³/mol. The monoisotopic (exact) mass is 419 g/mol. The number of nitrogens with one attached hydrogen (secondary N) is 1. The topological polar surface area (TPSA) is 56.0 Å². The fraction of sp³-hybridized carbons (Fsp3) is 0.167. The van der Waals surface area contributed by atoms with Gasteiger partial charge in [-0.25, -0.2) is 4.79 Å². The lowest BCUT2D eigenvalue weighted by molar-refractivity contribution is -0.121. The molecule has 0 fully saturated rings. The van der Waals surface area contributed by atoms with Gasteiger partial charge in [0, 0.05) is 24.3 Å². The maximum Gasteiger partial charge on any atom is 0.329 e. The van der Waals surface area contributed by atoms with E-state index in [1.54, 1.807) is 22.9 Å². The highest BCUT2D eigenvalue weighted by Gasteiger charge is 2.14. The Kier molecular flexibility index (Phi) is 5.72. The average Bonchev–Trinajstić information content (AvgIpc) is 3.07. The normalized spacial score (nSPS) is 11.0. The first kappa shape index (κ1) is 20.0. The van der Waals surface area contributed by atoms with Gasteiger partial charge in [-0.05, 0) is 41.0 Å². The molecule has 1 amide bonds. The summed E-state index contributed by atoms with van der Waals surface area (Å²) in [5.41, 5.74) is 2.49. The summed E-state index contributed by atoms with van der Waals surface area (Å²) >= 11 is 5.97. The summed E-state index contributed by atoms with van der Waals surface area (Å²) in [4.78, 5) is 25.3. The van der Waals surface area contributed by atoms with Crippen LogP contribution in [0.5, 0.6) is 0 Å². The Bertz CT molecular complexity index is 1250. The lowest BCUT2D eigenvalue weighted by atomic mass is 10.0. The third-order valence-electron chi connectivity index (χ3n) is 5.17. The molecule has 0 saturated carbocycles. The Hall–Kier alpha value is -3.31. The Morgan fingerprint density at radius 1 is 1.00 bits per heavy atom. The summed E-state index contributed by atoms with van der Waals surface area (Å²) in [5.74, 6) is -0.207. The first-order valence-electron chi connectivity index (χ1n) is 9.86. The van der Waals surface area contributed by atoms with E-state index in [2.05, 4.69) is 5.32 Å². The summed E-state index contributed by atoms with van der Waals surface area (Å²) in [6.45, 7) is 2.80. The molecule has 0 bridgehead atoms. The number of hydrogen-bond acceptors (Lipinski definition) is 2. The molecule has 4 aromatic rings. The van der Waals surface area contributed by atoms with E-state index in [1.807, 2.05) is 61.5 Å². The van der Waals surface area contributed by atoms with Crippen LogP contribution in [0.25, 0.3) is 22.0 Å². The first-order valence-corrected chi connectivity index (χ1v) is 10.2. The Morgan fingerprint density at radius 2 is 1.73 bits per heavy atom. The van der Waals surface area contributed by atoms with Gasteiger partial charge in [0.2, 0.25) is 5.91 Å². The number of imidazole rings is 1. The van der Waals surface area contributed by atoms with Gasteiger partial charge in [0.25, 0.3) is 0 Å². The minimum Gasteiger partial charge on any atom is -0.350 e. The zero-order valence-corrected chi connectivity index (χ0v) is 17.4. The van der Waals surface area contributed by atoms with Crippen molar-refractivity contribution in [2.24, 2.45) is 0 Å². The van der Waals surface area contributed by atoms with Crippen molar-refractivity contribution in [1.82, 2.24) is 14.5 Å². The molecule has 0 atom stereocenters. The van der Waals surface area contributed by atoms with Crippen molar-refractivity contribution >= 4 is 28.3 Å². The van der Waals surface area contributed by atoms with Crippen LogP contribution in [0.2, 0.25) is 5.02 Å². The summed E-state index contributed by atoms with van der Waals surface area (Å²) in [5, 5.41) is 5.81. The van der Waals surface area contributed by atoms with E-state index >= 15 is 0 Å². The molecule has 0 saturated heterocycles. The van der Waals surface area contributed by atoms with Gasteiger partial charge in [-0.1, -0.05) is 66.2 Å². The van der Waals surface area contributed by atoms with Crippen molar-refractivity contribution in [2.45, 2.75) is 26.6 Å². The second-order valence-corrected chi connectivity index (χ2v) is 7.53. The quantitative estimate of drug-likeness (QED) is 0.501. The number of nitrogens with zero attached hydrogens (tertiary/aromatic N) is 2. The summed E-state index contributed by atoms with van der Waals surface area (Å²) in [6, 6.07) is 21.4. The largest absolute Gasteiger partial charge is 0.350 e. The smallest absolute Gasteiger partial charge is 0.329 e. The standard InChI is InChI=1S/C24H22ClN3O2/c1-2-28-22(18-10-12-20(25)13-11-18)15-27(24(28)30)16-23(29)26-14-19-8-5-7-17-6-3-4-9-21(17)19/h3-13,15H,2,14,16H2,1H3,(H,26,29). The number of carbonyl (C=O) groups excluding carboxylic acids is 1. The third kappa shape index (κ3) is 4.02. The number of carbonyl (C=O) groups is 1. The fourth-order valence-electron chi connectivity index (χ4n) is 3.65. The van der Waals surface area contributed by atoms with Crippen molar-refractivity contribution < 1.29 is 4.79 Å². The van der Waals surface area contributed by atoms with E-state index in [4.69, 9.17) is 11.6 Å². The average molecular weight is 420 g/mol. The van der Waals surface area contributed by atoms with E-state index < -0.39 is 0 Å². The van der Waals surface area contributed by atoms with Gasteiger partial charge in [0.15, 0.2) is 0 Å². The van der Waals surface area contributed by atoms with Crippen LogP contribution >= 0.6 is 11.6 Å². The van der Waals surface area contributed by atoms with E-state index in [0.717, 1.165) is 27.6 Å². The van der Waals surface area contributed by atoms with Gasteiger partial charge in [0.1, 0.15) is 6.54 Å². The van der Waals surface area contributed by atoms with Gasteiger partial charge >= 0.3 is 5.69 Å². The van der Waals surface area contributed by atoms with Crippen LogP contribution in [-0.2, 0) is 24.4 Å². The molecular formula is C24H22ClN3O2. The summed E-state index contributed by atoms with van der Waals surface area (Å²) < 4.78 is 3.10. The van der Waals surface area contributed by atoms with Crippen molar-refractivity contribution in [3.05, 3.63) is 94.0 Å². The molecule has 0 unspecified atom stereocenters. The van der Waals surface area contributed by atoms with E-state index in [9.17, 15) is 9.59 Å². The molecule has 0 aliphatic rings. The zero-order chi connectivity index (χ0) is 21.1. The number of amides is 1. The van der Waals surface area contributed by atoms with Gasteiger partial charge < -0.3 is 5.32 Å². The number of hydrogen-bond donors (Lipinski definition) is 1. The molecule has 1 N–H and O–H groups in total. The van der Waals surface area contributed by atoms with Crippen molar-refractivity contribution in [1.29, 1.82) is 0 Å². The van der Waals surface area contributed by atoms with Crippen LogP contribution in [0.15, 0.2) is 77.7 Å². The Balaban J connectivity index is 1.52. The summed E-state index contributed by atoms with van der Waals surface area (Å²) in [6.07, 6.45) is 1.73. The molecule has 152 valence electrons. The number of fused-ring (bicyclic) bond motifs is 1. The van der Waals surface area contributed by atoms with Gasteiger partial charge in [-0.3, -0.25) is 13.9 Å². The summed E-state index contributed by atoms with van der Waals surface area (Å²) in [7, 11) is 0. The van der Waals surface area contributed by atoms with Gasteiger partial charge in [-0.15, -0.1) is 0 Å². The molecule has 4 rings (SSSR count). The molecule has 6 heteroatoms. The number of aromatic nitrogens is 2. The van der Waals surface area contributed by atoms with E-state index in [1.165, 1.54) is 4.57 Å². The third-order valence-corrected chi connectivity index (χ3v) is 5.42. The molecule has 0 radical (unpaired) electrons. The van der Waals surface area contributed by atoms with Crippen LogP contribution in [0.1, 0.15) is 12.5 Å². The molecule has 0 aliphatic carbocycles. The molecule has 30 heavy (non-hydrogen) atoms. The van der Waals surface area contributed by atoms with Crippen LogP contribution in [-0.4, -0.2) is 15.0 Å². The second-order valence-electron chi connectivity index (χ2n) is 7.09. The fourth-order valence-corrected chi connectivity index (χ4v) is 3.78. The van der Waals surface area contributed by atoms with E-state index in [0.29, 0.717) is 18.1 Å². The second kappa shape index (κ2) is 8.59. The lowest BCUT2D eigenvalue weighted by Gasteiger charge is -2.08. The zero-order valence-electron chi connectivity index (χ0n) is 16.6. The molecule has 0 aliphatic heterocycles. The predicted octanol–water partition coefficient (Wildman–Crippen LogP) is 4.46. The molecule has 0 spiro atoms. The van der Waals surface area contributed by atoms with Crippen LogP contribution in [0.3, 0.4) is 0 Å². The minimum atomic E-state index is -0.207. The molecule has 1 heterocycles. The number of halogens is 1. The molecule has 5 nitrogen and oxygen atoms in total.